The Morgan fingerprint density at radius 2 is 1.73 bits per heavy atom. The summed E-state index contributed by atoms with van der Waals surface area (Å²) in [6.45, 7) is 1.79. The largest absolute Gasteiger partial charge is 0.332 e. The lowest BCUT2D eigenvalue weighted by molar-refractivity contribution is 0.183. The van der Waals surface area contributed by atoms with Gasteiger partial charge in [0.05, 0.1) is 6.33 Å². The highest BCUT2D eigenvalue weighted by Gasteiger charge is 2.31. The molecule has 1 fully saturated rings. The van der Waals surface area contributed by atoms with Crippen LogP contribution in [0.2, 0.25) is 0 Å². The van der Waals surface area contributed by atoms with Crippen molar-refractivity contribution in [2.45, 2.75) is 17.9 Å². The van der Waals surface area contributed by atoms with Crippen LogP contribution in [-0.2, 0) is 30.7 Å². The van der Waals surface area contributed by atoms with Crippen LogP contribution in [0.4, 0.5) is 8.78 Å². The minimum Gasteiger partial charge on any atom is -0.328 e. The van der Waals surface area contributed by atoms with E-state index in [0.717, 1.165) is 16.4 Å². The van der Waals surface area contributed by atoms with Crippen LogP contribution in [0.1, 0.15) is 6.42 Å². The fourth-order valence-electron chi connectivity index (χ4n) is 4.05. The minimum atomic E-state index is -4.14. The molecule has 178 valence electrons. The molecular formula is C20H24F2N6O4S. The number of aromatic nitrogens is 4. The quantitative estimate of drug-likeness (QED) is 0.494. The van der Waals surface area contributed by atoms with E-state index in [1.54, 1.807) is 18.7 Å². The maximum Gasteiger partial charge on any atom is 0.332 e. The summed E-state index contributed by atoms with van der Waals surface area (Å²) in [5, 5.41) is 0. The maximum atomic E-state index is 14.0. The van der Waals surface area contributed by atoms with Gasteiger partial charge < -0.3 is 9.47 Å². The lowest BCUT2D eigenvalue weighted by atomic mass is 10.3. The molecule has 3 aromatic rings. The first kappa shape index (κ1) is 23.3. The van der Waals surface area contributed by atoms with Crippen molar-refractivity contribution >= 4 is 21.2 Å². The summed E-state index contributed by atoms with van der Waals surface area (Å²) in [6.07, 6.45) is 1.99. The van der Waals surface area contributed by atoms with Gasteiger partial charge in [0.1, 0.15) is 16.5 Å². The third kappa shape index (κ3) is 4.23. The van der Waals surface area contributed by atoms with Crippen molar-refractivity contribution in [3.63, 3.8) is 0 Å². The number of nitrogens with zero attached hydrogens (tertiary/aromatic N) is 6. The zero-order chi connectivity index (χ0) is 23.9. The fraction of sp³-hybridized carbons (Fsp3) is 0.450. The normalized spacial score (nSPS) is 16.0. The molecule has 0 radical (unpaired) electrons. The molecule has 1 aliphatic heterocycles. The van der Waals surface area contributed by atoms with E-state index in [2.05, 4.69) is 4.98 Å². The number of halogens is 2. The standard InChI is InChI=1S/C20H24F2N6O4S/c1-24-13-23-18-17(24)19(29)28(20(30)25(18)2)7-3-6-26-8-10-27(11-9-26)33(31,32)16-12-14(21)4-5-15(16)22/h4-5,12-13H,3,6-11H2,1-2H3. The summed E-state index contributed by atoms with van der Waals surface area (Å²) in [4.78, 5) is 30.8. The van der Waals surface area contributed by atoms with Gasteiger partial charge in [0, 0.05) is 46.8 Å². The Bertz CT molecular complexity index is 1420. The molecule has 10 nitrogen and oxygen atoms in total. The monoisotopic (exact) mass is 482 g/mol. The second-order valence-electron chi connectivity index (χ2n) is 8.00. The Kier molecular flexibility index (Phi) is 6.20. The maximum absolute atomic E-state index is 14.0. The summed E-state index contributed by atoms with van der Waals surface area (Å²) >= 11 is 0. The van der Waals surface area contributed by atoms with E-state index < -0.39 is 37.8 Å². The van der Waals surface area contributed by atoms with Crippen LogP contribution in [0.5, 0.6) is 0 Å². The topological polar surface area (TPSA) is 102 Å². The number of rotatable bonds is 6. The third-order valence-corrected chi connectivity index (χ3v) is 7.81. The van der Waals surface area contributed by atoms with Gasteiger partial charge in [-0.05, 0) is 31.2 Å². The number of imidazole rings is 1. The molecule has 13 heteroatoms. The Labute approximate surface area is 188 Å². The van der Waals surface area contributed by atoms with Gasteiger partial charge in [0.2, 0.25) is 10.0 Å². The molecule has 0 unspecified atom stereocenters. The van der Waals surface area contributed by atoms with Gasteiger partial charge in [-0.3, -0.25) is 13.9 Å². The van der Waals surface area contributed by atoms with Crippen LogP contribution in [0.25, 0.3) is 11.2 Å². The molecule has 1 aliphatic rings. The zero-order valence-corrected chi connectivity index (χ0v) is 19.1. The molecule has 0 amide bonds. The first-order chi connectivity index (χ1) is 15.6. The van der Waals surface area contributed by atoms with Gasteiger partial charge in [-0.1, -0.05) is 0 Å². The van der Waals surface area contributed by atoms with Gasteiger partial charge >= 0.3 is 5.69 Å². The van der Waals surface area contributed by atoms with Gasteiger partial charge in [-0.2, -0.15) is 4.31 Å². The van der Waals surface area contributed by atoms with Crippen molar-refractivity contribution in [1.29, 1.82) is 0 Å². The van der Waals surface area contributed by atoms with Crippen molar-refractivity contribution in [1.82, 2.24) is 27.9 Å². The zero-order valence-electron chi connectivity index (χ0n) is 18.2. The molecule has 33 heavy (non-hydrogen) atoms. The van der Waals surface area contributed by atoms with Crippen molar-refractivity contribution in [3.05, 3.63) is 57.0 Å². The summed E-state index contributed by atoms with van der Waals surface area (Å²) in [5.41, 5.74) is -0.170. The van der Waals surface area contributed by atoms with E-state index in [0.29, 0.717) is 43.3 Å². The highest BCUT2D eigenvalue weighted by Crippen LogP contribution is 2.21. The van der Waals surface area contributed by atoms with Crippen LogP contribution >= 0.6 is 0 Å². The lowest BCUT2D eigenvalue weighted by Gasteiger charge is -2.34. The van der Waals surface area contributed by atoms with Crippen LogP contribution in [-0.4, -0.2) is 69.0 Å². The molecule has 4 rings (SSSR count). The predicted octanol–water partition coefficient (Wildman–Crippen LogP) is 0.108. The van der Waals surface area contributed by atoms with E-state index in [-0.39, 0.29) is 19.6 Å². The van der Waals surface area contributed by atoms with E-state index in [9.17, 15) is 26.8 Å². The van der Waals surface area contributed by atoms with Crippen LogP contribution in [0, 0.1) is 11.6 Å². The fourth-order valence-corrected chi connectivity index (χ4v) is 5.55. The smallest absolute Gasteiger partial charge is 0.328 e. The van der Waals surface area contributed by atoms with E-state index in [1.165, 1.54) is 15.5 Å². The Hall–Kier alpha value is -2.90. The van der Waals surface area contributed by atoms with E-state index in [1.807, 2.05) is 4.90 Å². The van der Waals surface area contributed by atoms with Crippen molar-refractivity contribution in [3.8, 4) is 0 Å². The highest BCUT2D eigenvalue weighted by atomic mass is 32.2. The summed E-state index contributed by atoms with van der Waals surface area (Å²) < 4.78 is 58.1. The molecule has 0 spiro atoms. The van der Waals surface area contributed by atoms with Crippen molar-refractivity contribution in [2.75, 3.05) is 32.7 Å². The molecule has 0 atom stereocenters. The molecule has 0 aliphatic carbocycles. The lowest BCUT2D eigenvalue weighted by Crippen LogP contribution is -2.49. The summed E-state index contributed by atoms with van der Waals surface area (Å²) in [5.74, 6) is -1.81. The second-order valence-corrected chi connectivity index (χ2v) is 9.91. The molecular weight excluding hydrogens is 458 g/mol. The second kappa shape index (κ2) is 8.80. The highest BCUT2D eigenvalue weighted by molar-refractivity contribution is 7.89. The first-order valence-corrected chi connectivity index (χ1v) is 11.8. The Morgan fingerprint density at radius 1 is 1.03 bits per heavy atom. The number of hydrogen-bond donors (Lipinski definition) is 0. The Morgan fingerprint density at radius 3 is 2.42 bits per heavy atom. The first-order valence-electron chi connectivity index (χ1n) is 10.4. The van der Waals surface area contributed by atoms with Gasteiger partial charge in [0.15, 0.2) is 11.2 Å². The number of piperazine rings is 1. The molecule has 0 saturated carbocycles. The Balaban J connectivity index is 1.39. The van der Waals surface area contributed by atoms with Gasteiger partial charge in [-0.15, -0.1) is 0 Å². The van der Waals surface area contributed by atoms with Crippen LogP contribution in [0.15, 0.2) is 39.0 Å². The summed E-state index contributed by atoms with van der Waals surface area (Å²) in [7, 11) is -0.890. The average molecular weight is 483 g/mol. The van der Waals surface area contributed by atoms with Crippen molar-refractivity contribution in [2.24, 2.45) is 14.1 Å². The van der Waals surface area contributed by atoms with Crippen molar-refractivity contribution < 1.29 is 17.2 Å². The number of fused-ring (bicyclic) bond motifs is 1. The number of benzene rings is 1. The molecule has 1 aromatic carbocycles. The predicted molar refractivity (Wildman–Crippen MR) is 116 cm³/mol. The SMILES string of the molecule is Cn1cnc2c1c(=O)n(CCCN1CCN(S(=O)(=O)c3cc(F)ccc3F)CC1)c(=O)n2C. The molecule has 0 bridgehead atoms. The molecule has 2 aromatic heterocycles. The molecule has 1 saturated heterocycles. The molecule has 0 N–H and O–H groups in total. The summed E-state index contributed by atoms with van der Waals surface area (Å²) in [6, 6.07) is 2.36. The number of hydrogen-bond acceptors (Lipinski definition) is 6. The average Bonchev–Trinajstić information content (AvgIpc) is 3.18. The number of aryl methyl sites for hydroxylation is 2. The number of sulfonamides is 1. The van der Waals surface area contributed by atoms with Crippen LogP contribution in [0.3, 0.4) is 0 Å². The third-order valence-electron chi connectivity index (χ3n) is 5.90. The minimum absolute atomic E-state index is 0.126. The molecule has 3 heterocycles. The van der Waals surface area contributed by atoms with E-state index >= 15 is 0 Å². The van der Waals surface area contributed by atoms with Crippen LogP contribution < -0.4 is 11.2 Å². The van der Waals surface area contributed by atoms with Gasteiger partial charge in [0.25, 0.3) is 5.56 Å². The van der Waals surface area contributed by atoms with E-state index in [4.69, 9.17) is 0 Å². The van der Waals surface area contributed by atoms with Gasteiger partial charge in [-0.25, -0.2) is 27.0 Å².